The number of anilines is 1. The molecule has 1 heterocycles. The summed E-state index contributed by atoms with van der Waals surface area (Å²) >= 11 is 0. The van der Waals surface area contributed by atoms with Gasteiger partial charge in [-0.2, -0.15) is 0 Å². The van der Waals surface area contributed by atoms with Gasteiger partial charge in [0.15, 0.2) is 0 Å². The van der Waals surface area contributed by atoms with Crippen LogP contribution in [0.3, 0.4) is 0 Å². The number of carboxylic acids is 1. The summed E-state index contributed by atoms with van der Waals surface area (Å²) in [6, 6.07) is 4.58. The van der Waals surface area contributed by atoms with Crippen molar-refractivity contribution < 1.29 is 9.90 Å². The van der Waals surface area contributed by atoms with Crippen molar-refractivity contribution in [1.82, 2.24) is 4.98 Å². The van der Waals surface area contributed by atoms with E-state index >= 15 is 0 Å². The molecule has 0 saturated heterocycles. The zero-order valence-electron chi connectivity index (χ0n) is 8.60. The van der Waals surface area contributed by atoms with Crippen molar-refractivity contribution in [2.45, 2.75) is 12.5 Å². The van der Waals surface area contributed by atoms with E-state index in [0.717, 1.165) is 16.5 Å². The number of aliphatic carboxylic acids is 1. The summed E-state index contributed by atoms with van der Waals surface area (Å²) < 4.78 is 0. The number of benzene rings is 1. The van der Waals surface area contributed by atoms with Crippen molar-refractivity contribution in [1.29, 1.82) is 0 Å². The Morgan fingerprint density at radius 3 is 2.94 bits per heavy atom. The Kier molecular flexibility index (Phi) is 2.54. The molecule has 0 aliphatic carbocycles. The van der Waals surface area contributed by atoms with E-state index in [0.29, 0.717) is 12.1 Å². The number of rotatable bonds is 3. The van der Waals surface area contributed by atoms with Gasteiger partial charge in [0.25, 0.3) is 0 Å². The van der Waals surface area contributed by atoms with Gasteiger partial charge in [-0.15, -0.1) is 0 Å². The lowest BCUT2D eigenvalue weighted by Gasteiger charge is -2.04. The molecule has 0 bridgehead atoms. The van der Waals surface area contributed by atoms with Gasteiger partial charge in [-0.1, -0.05) is 0 Å². The first-order valence-electron chi connectivity index (χ1n) is 4.92. The molecule has 84 valence electrons. The molecule has 0 aliphatic heterocycles. The van der Waals surface area contributed by atoms with Gasteiger partial charge in [0.1, 0.15) is 6.04 Å². The van der Waals surface area contributed by atoms with Gasteiger partial charge >= 0.3 is 5.97 Å². The minimum atomic E-state index is -1.00. The lowest BCUT2D eigenvalue weighted by molar-refractivity contribution is -0.138. The highest BCUT2D eigenvalue weighted by molar-refractivity contribution is 5.86. The van der Waals surface area contributed by atoms with Crippen molar-refractivity contribution >= 4 is 22.6 Å². The molecule has 0 radical (unpaired) electrons. The maximum Gasteiger partial charge on any atom is 0.320 e. The molecule has 0 aliphatic rings. The molecule has 1 unspecified atom stereocenters. The standard InChI is InChI=1S/C11H13N3O2/c12-7-1-2-10-8(4-7)6(5-14-10)3-9(13)11(15)16/h1-2,4-5,9,14H,3,12-13H2,(H,15,16). The van der Waals surface area contributed by atoms with Crippen molar-refractivity contribution in [3.63, 3.8) is 0 Å². The smallest absolute Gasteiger partial charge is 0.320 e. The first-order valence-corrected chi connectivity index (χ1v) is 4.92. The van der Waals surface area contributed by atoms with E-state index in [2.05, 4.69) is 4.98 Å². The molecule has 0 saturated carbocycles. The normalized spacial score (nSPS) is 12.8. The second kappa shape index (κ2) is 3.86. The van der Waals surface area contributed by atoms with Crippen LogP contribution in [0, 0.1) is 0 Å². The topological polar surface area (TPSA) is 105 Å². The van der Waals surface area contributed by atoms with Crippen molar-refractivity contribution in [3.8, 4) is 0 Å². The van der Waals surface area contributed by atoms with Crippen LogP contribution in [0.5, 0.6) is 0 Å². The Labute approximate surface area is 92.1 Å². The van der Waals surface area contributed by atoms with E-state index < -0.39 is 12.0 Å². The van der Waals surface area contributed by atoms with E-state index in [1.807, 2.05) is 12.1 Å². The molecule has 16 heavy (non-hydrogen) atoms. The van der Waals surface area contributed by atoms with E-state index in [1.165, 1.54) is 0 Å². The maximum absolute atomic E-state index is 10.7. The molecule has 5 nitrogen and oxygen atoms in total. The summed E-state index contributed by atoms with van der Waals surface area (Å²) in [6.45, 7) is 0. The average molecular weight is 219 g/mol. The highest BCUT2D eigenvalue weighted by Gasteiger charge is 2.14. The number of fused-ring (bicyclic) bond motifs is 1. The van der Waals surface area contributed by atoms with Crippen molar-refractivity contribution in [3.05, 3.63) is 30.0 Å². The van der Waals surface area contributed by atoms with Crippen LogP contribution in [-0.2, 0) is 11.2 Å². The number of carbonyl (C=O) groups is 1. The predicted molar refractivity (Wildman–Crippen MR) is 62.0 cm³/mol. The molecule has 0 fully saturated rings. The zero-order chi connectivity index (χ0) is 11.7. The third kappa shape index (κ3) is 1.85. The third-order valence-electron chi connectivity index (χ3n) is 2.55. The Bertz CT molecular complexity index is 533. The summed E-state index contributed by atoms with van der Waals surface area (Å²) in [5.41, 5.74) is 13.6. The number of aromatic amines is 1. The second-order valence-corrected chi connectivity index (χ2v) is 3.77. The van der Waals surface area contributed by atoms with E-state index in [1.54, 1.807) is 12.3 Å². The molecule has 6 N–H and O–H groups in total. The number of carboxylic acid groups (broad SMARTS) is 1. The Morgan fingerprint density at radius 1 is 1.50 bits per heavy atom. The summed E-state index contributed by atoms with van der Waals surface area (Å²) in [5.74, 6) is -1.00. The first kappa shape index (κ1) is 10.5. The molecule has 1 atom stereocenters. The summed E-state index contributed by atoms with van der Waals surface area (Å²) in [4.78, 5) is 13.7. The number of hydrogen-bond acceptors (Lipinski definition) is 3. The molecule has 1 aromatic carbocycles. The number of aromatic nitrogens is 1. The Hall–Kier alpha value is -2.01. The lowest BCUT2D eigenvalue weighted by atomic mass is 10.1. The van der Waals surface area contributed by atoms with Crippen LogP contribution in [0.25, 0.3) is 10.9 Å². The second-order valence-electron chi connectivity index (χ2n) is 3.77. The molecule has 0 amide bonds. The first-order chi connectivity index (χ1) is 7.58. The Morgan fingerprint density at radius 2 is 2.25 bits per heavy atom. The van der Waals surface area contributed by atoms with Gasteiger partial charge < -0.3 is 21.6 Å². The highest BCUT2D eigenvalue weighted by Crippen LogP contribution is 2.21. The summed E-state index contributed by atoms with van der Waals surface area (Å²) in [5, 5.41) is 9.68. The molecular weight excluding hydrogens is 206 g/mol. The maximum atomic E-state index is 10.7. The number of nitrogens with one attached hydrogen (secondary N) is 1. The summed E-state index contributed by atoms with van der Waals surface area (Å²) in [7, 11) is 0. The minimum Gasteiger partial charge on any atom is -0.480 e. The van der Waals surface area contributed by atoms with E-state index in [9.17, 15) is 4.79 Å². The van der Waals surface area contributed by atoms with Gasteiger partial charge in [-0.25, -0.2) is 0 Å². The van der Waals surface area contributed by atoms with Gasteiger partial charge in [0.2, 0.25) is 0 Å². The molecule has 5 heteroatoms. The van der Waals surface area contributed by atoms with Gasteiger partial charge in [0.05, 0.1) is 0 Å². The molecule has 2 aromatic rings. The van der Waals surface area contributed by atoms with E-state index in [-0.39, 0.29) is 0 Å². The van der Waals surface area contributed by atoms with Crippen LogP contribution >= 0.6 is 0 Å². The minimum absolute atomic E-state index is 0.290. The van der Waals surface area contributed by atoms with Crippen LogP contribution in [0.15, 0.2) is 24.4 Å². The van der Waals surface area contributed by atoms with Crippen molar-refractivity contribution in [2.24, 2.45) is 5.73 Å². The number of hydrogen-bond donors (Lipinski definition) is 4. The largest absolute Gasteiger partial charge is 0.480 e. The lowest BCUT2D eigenvalue weighted by Crippen LogP contribution is -2.32. The fourth-order valence-electron chi connectivity index (χ4n) is 1.69. The molecule has 1 aromatic heterocycles. The fraction of sp³-hybridized carbons (Fsp3) is 0.182. The Balaban J connectivity index is 2.37. The van der Waals surface area contributed by atoms with Gasteiger partial charge in [0, 0.05) is 29.2 Å². The highest BCUT2D eigenvalue weighted by atomic mass is 16.4. The van der Waals surface area contributed by atoms with Crippen LogP contribution in [0.4, 0.5) is 5.69 Å². The molecule has 2 rings (SSSR count). The third-order valence-corrected chi connectivity index (χ3v) is 2.55. The van der Waals surface area contributed by atoms with Gasteiger partial charge in [-0.3, -0.25) is 4.79 Å². The van der Waals surface area contributed by atoms with Crippen LogP contribution in [-0.4, -0.2) is 22.1 Å². The zero-order valence-corrected chi connectivity index (χ0v) is 8.60. The fourth-order valence-corrected chi connectivity index (χ4v) is 1.69. The monoisotopic (exact) mass is 219 g/mol. The molecule has 0 spiro atoms. The number of nitrogens with two attached hydrogens (primary N) is 2. The number of H-pyrrole nitrogens is 1. The van der Waals surface area contributed by atoms with E-state index in [4.69, 9.17) is 16.6 Å². The van der Waals surface area contributed by atoms with Crippen LogP contribution in [0.2, 0.25) is 0 Å². The van der Waals surface area contributed by atoms with Crippen LogP contribution in [0.1, 0.15) is 5.56 Å². The quantitative estimate of drug-likeness (QED) is 0.570. The predicted octanol–water partition coefficient (Wildman–Crippen LogP) is 0.704. The van der Waals surface area contributed by atoms with Crippen LogP contribution < -0.4 is 11.5 Å². The SMILES string of the molecule is Nc1ccc2[nH]cc(CC(N)C(=O)O)c2c1. The average Bonchev–Trinajstić information content (AvgIpc) is 2.61. The number of nitrogen functional groups attached to an aromatic ring is 1. The van der Waals surface area contributed by atoms with Crippen molar-refractivity contribution in [2.75, 3.05) is 5.73 Å². The summed E-state index contributed by atoms with van der Waals surface area (Å²) in [6.07, 6.45) is 2.06. The van der Waals surface area contributed by atoms with Gasteiger partial charge in [-0.05, 0) is 23.8 Å². The molecular formula is C11H13N3O2.